The van der Waals surface area contributed by atoms with Crippen LogP contribution in [0.15, 0.2) is 18.3 Å². The Bertz CT molecular complexity index is 328. The fourth-order valence-electron chi connectivity index (χ4n) is 1.05. The largest absolute Gasteiger partial charge is 0.369 e. The second kappa shape index (κ2) is 5.23. The van der Waals surface area contributed by atoms with Gasteiger partial charge in [0.2, 0.25) is 0 Å². The van der Waals surface area contributed by atoms with Gasteiger partial charge in [0, 0.05) is 12.7 Å². The summed E-state index contributed by atoms with van der Waals surface area (Å²) < 4.78 is 0. The number of nitrogens with zero attached hydrogens (tertiary/aromatic N) is 2. The Hall–Kier alpha value is -1.56. The van der Waals surface area contributed by atoms with E-state index in [9.17, 15) is 0 Å². The van der Waals surface area contributed by atoms with Crippen LogP contribution >= 0.6 is 0 Å². The molecule has 0 radical (unpaired) electrons. The molecule has 1 aromatic rings. The number of anilines is 1. The Balaban J connectivity index is 2.63. The van der Waals surface area contributed by atoms with Gasteiger partial charge in [0.25, 0.3) is 0 Å². The van der Waals surface area contributed by atoms with Crippen LogP contribution in [0, 0.1) is 17.2 Å². The van der Waals surface area contributed by atoms with Gasteiger partial charge in [0.05, 0.1) is 5.56 Å². The zero-order chi connectivity index (χ0) is 10.4. The predicted octanol–water partition coefficient (Wildman–Crippen LogP) is 2.41. The molecule has 1 atom stereocenters. The van der Waals surface area contributed by atoms with Crippen LogP contribution < -0.4 is 5.32 Å². The van der Waals surface area contributed by atoms with Crippen molar-refractivity contribution < 1.29 is 0 Å². The maximum absolute atomic E-state index is 8.81. The second-order valence-corrected chi connectivity index (χ2v) is 3.41. The fraction of sp³-hybridized carbons (Fsp3) is 0.455. The summed E-state index contributed by atoms with van der Waals surface area (Å²) in [6, 6.07) is 5.65. The minimum absolute atomic E-state index is 0.601. The summed E-state index contributed by atoms with van der Waals surface area (Å²) in [6.07, 6.45) is 2.82. The van der Waals surface area contributed by atoms with Gasteiger partial charge in [-0.15, -0.1) is 0 Å². The molecule has 0 fully saturated rings. The minimum atomic E-state index is 0.601. The highest BCUT2D eigenvalue weighted by Crippen LogP contribution is 2.10. The molecule has 0 amide bonds. The van der Waals surface area contributed by atoms with E-state index in [2.05, 4.69) is 30.2 Å². The van der Waals surface area contributed by atoms with Crippen LogP contribution in [-0.4, -0.2) is 11.5 Å². The summed E-state index contributed by atoms with van der Waals surface area (Å²) in [6.45, 7) is 5.18. The SMILES string of the molecule is CCC(C)CNc1ncccc1C#N. The standard InChI is InChI=1S/C11H15N3/c1-3-9(2)8-14-11-10(7-12)5-4-6-13-11/h4-6,9H,3,8H2,1-2H3,(H,13,14). The first-order valence-corrected chi connectivity index (χ1v) is 4.87. The van der Waals surface area contributed by atoms with Crippen LogP contribution in [0.3, 0.4) is 0 Å². The van der Waals surface area contributed by atoms with Gasteiger partial charge in [-0.05, 0) is 18.1 Å². The van der Waals surface area contributed by atoms with E-state index in [0.717, 1.165) is 13.0 Å². The van der Waals surface area contributed by atoms with Crippen LogP contribution in [0.1, 0.15) is 25.8 Å². The molecule has 1 rings (SSSR count). The van der Waals surface area contributed by atoms with E-state index >= 15 is 0 Å². The van der Waals surface area contributed by atoms with Crippen LogP contribution in [0.2, 0.25) is 0 Å². The van der Waals surface area contributed by atoms with Crippen molar-refractivity contribution in [2.45, 2.75) is 20.3 Å². The number of nitriles is 1. The normalized spacial score (nSPS) is 11.8. The molecular formula is C11H15N3. The lowest BCUT2D eigenvalue weighted by atomic mass is 10.1. The molecule has 0 aliphatic rings. The monoisotopic (exact) mass is 189 g/mol. The van der Waals surface area contributed by atoms with Crippen molar-refractivity contribution in [2.24, 2.45) is 5.92 Å². The van der Waals surface area contributed by atoms with E-state index in [1.165, 1.54) is 0 Å². The molecule has 3 nitrogen and oxygen atoms in total. The molecule has 74 valence electrons. The zero-order valence-electron chi connectivity index (χ0n) is 8.62. The molecular weight excluding hydrogens is 174 g/mol. The first-order valence-electron chi connectivity index (χ1n) is 4.87. The molecule has 0 spiro atoms. The summed E-state index contributed by atoms with van der Waals surface area (Å²) in [4.78, 5) is 4.12. The summed E-state index contributed by atoms with van der Waals surface area (Å²) in [5, 5.41) is 12.0. The first-order chi connectivity index (χ1) is 6.77. The van der Waals surface area contributed by atoms with Gasteiger partial charge >= 0.3 is 0 Å². The topological polar surface area (TPSA) is 48.7 Å². The maximum atomic E-state index is 8.81. The van der Waals surface area contributed by atoms with Crippen molar-refractivity contribution in [3.63, 3.8) is 0 Å². The van der Waals surface area contributed by atoms with Crippen LogP contribution in [0.4, 0.5) is 5.82 Å². The number of hydrogen-bond donors (Lipinski definition) is 1. The van der Waals surface area contributed by atoms with Crippen LogP contribution in [-0.2, 0) is 0 Å². The number of nitrogens with one attached hydrogen (secondary N) is 1. The van der Waals surface area contributed by atoms with Crippen molar-refractivity contribution in [2.75, 3.05) is 11.9 Å². The lowest BCUT2D eigenvalue weighted by Crippen LogP contribution is -2.12. The van der Waals surface area contributed by atoms with Crippen molar-refractivity contribution in [1.82, 2.24) is 4.98 Å². The average Bonchev–Trinajstić information content (AvgIpc) is 2.26. The lowest BCUT2D eigenvalue weighted by molar-refractivity contribution is 0.592. The highest BCUT2D eigenvalue weighted by Gasteiger charge is 2.03. The van der Waals surface area contributed by atoms with E-state index < -0.39 is 0 Å². The van der Waals surface area contributed by atoms with Crippen molar-refractivity contribution in [3.05, 3.63) is 23.9 Å². The Morgan fingerprint density at radius 3 is 3.07 bits per heavy atom. The van der Waals surface area contributed by atoms with E-state index in [-0.39, 0.29) is 0 Å². The predicted molar refractivity (Wildman–Crippen MR) is 56.9 cm³/mol. The van der Waals surface area contributed by atoms with Gasteiger partial charge in [0.15, 0.2) is 0 Å². The highest BCUT2D eigenvalue weighted by atomic mass is 15.0. The van der Waals surface area contributed by atoms with Gasteiger partial charge in [-0.1, -0.05) is 20.3 Å². The average molecular weight is 189 g/mol. The number of rotatable bonds is 4. The van der Waals surface area contributed by atoms with Crippen LogP contribution in [0.25, 0.3) is 0 Å². The Kier molecular flexibility index (Phi) is 3.93. The number of aromatic nitrogens is 1. The van der Waals surface area contributed by atoms with Gasteiger partial charge in [-0.2, -0.15) is 5.26 Å². The van der Waals surface area contributed by atoms with Crippen molar-refractivity contribution >= 4 is 5.82 Å². The summed E-state index contributed by atoms with van der Waals surface area (Å²) in [7, 11) is 0. The Morgan fingerprint density at radius 1 is 1.64 bits per heavy atom. The minimum Gasteiger partial charge on any atom is -0.369 e. The smallest absolute Gasteiger partial charge is 0.143 e. The molecule has 1 N–H and O–H groups in total. The zero-order valence-corrected chi connectivity index (χ0v) is 8.62. The quantitative estimate of drug-likeness (QED) is 0.791. The van der Waals surface area contributed by atoms with E-state index in [1.807, 2.05) is 0 Å². The third-order valence-electron chi connectivity index (χ3n) is 2.24. The summed E-state index contributed by atoms with van der Waals surface area (Å²) >= 11 is 0. The summed E-state index contributed by atoms with van der Waals surface area (Å²) in [5.41, 5.74) is 0.607. The molecule has 0 aliphatic heterocycles. The van der Waals surface area contributed by atoms with Gasteiger partial charge < -0.3 is 5.32 Å². The molecule has 0 bridgehead atoms. The van der Waals surface area contributed by atoms with E-state index in [4.69, 9.17) is 5.26 Å². The fourth-order valence-corrected chi connectivity index (χ4v) is 1.05. The van der Waals surface area contributed by atoms with E-state index in [1.54, 1.807) is 18.3 Å². The molecule has 14 heavy (non-hydrogen) atoms. The third-order valence-corrected chi connectivity index (χ3v) is 2.24. The highest BCUT2D eigenvalue weighted by molar-refractivity contribution is 5.51. The second-order valence-electron chi connectivity index (χ2n) is 3.41. The molecule has 0 saturated heterocycles. The molecule has 0 aromatic carbocycles. The number of hydrogen-bond acceptors (Lipinski definition) is 3. The molecule has 3 heteroatoms. The molecule has 1 aromatic heterocycles. The van der Waals surface area contributed by atoms with E-state index in [0.29, 0.717) is 17.3 Å². The summed E-state index contributed by atoms with van der Waals surface area (Å²) in [5.74, 6) is 1.29. The van der Waals surface area contributed by atoms with Gasteiger partial charge in [-0.3, -0.25) is 0 Å². The van der Waals surface area contributed by atoms with Crippen molar-refractivity contribution in [3.8, 4) is 6.07 Å². The molecule has 0 aliphatic carbocycles. The van der Waals surface area contributed by atoms with Gasteiger partial charge in [-0.25, -0.2) is 4.98 Å². The first kappa shape index (κ1) is 10.5. The Labute approximate surface area is 84.8 Å². The van der Waals surface area contributed by atoms with Gasteiger partial charge in [0.1, 0.15) is 11.9 Å². The van der Waals surface area contributed by atoms with Crippen molar-refractivity contribution in [1.29, 1.82) is 5.26 Å². The van der Waals surface area contributed by atoms with Crippen LogP contribution in [0.5, 0.6) is 0 Å². The molecule has 0 saturated carbocycles. The number of pyridine rings is 1. The third kappa shape index (κ3) is 2.74. The lowest BCUT2D eigenvalue weighted by Gasteiger charge is -2.10. The maximum Gasteiger partial charge on any atom is 0.143 e. The molecule has 1 heterocycles. The Morgan fingerprint density at radius 2 is 2.43 bits per heavy atom. The molecule has 1 unspecified atom stereocenters.